The maximum Gasteiger partial charge on any atom is 0.319 e. The number of carbonyl (C=O) groups is 1. The molecule has 3 heterocycles. The molecule has 2 aliphatic heterocycles. The SMILES string of the molecule is CN(C)C(=O)N1CC2(C1)OCC[C@H]2CCNc1ccccn1. The van der Waals surface area contributed by atoms with Crippen LogP contribution in [0.1, 0.15) is 12.8 Å². The Labute approximate surface area is 131 Å². The molecule has 3 rings (SSSR count). The Hall–Kier alpha value is -1.82. The second-order valence-corrected chi connectivity index (χ2v) is 6.36. The fourth-order valence-corrected chi connectivity index (χ4v) is 3.40. The van der Waals surface area contributed by atoms with E-state index in [4.69, 9.17) is 4.74 Å². The monoisotopic (exact) mass is 304 g/mol. The van der Waals surface area contributed by atoms with Gasteiger partial charge < -0.3 is 19.9 Å². The van der Waals surface area contributed by atoms with Crippen molar-refractivity contribution in [3.8, 4) is 0 Å². The van der Waals surface area contributed by atoms with E-state index >= 15 is 0 Å². The molecule has 1 atom stereocenters. The van der Waals surface area contributed by atoms with Crippen molar-refractivity contribution in [2.45, 2.75) is 18.4 Å². The zero-order chi connectivity index (χ0) is 15.6. The number of aromatic nitrogens is 1. The topological polar surface area (TPSA) is 57.7 Å². The van der Waals surface area contributed by atoms with Gasteiger partial charge in [0, 0.05) is 33.4 Å². The molecule has 0 aromatic carbocycles. The minimum atomic E-state index is -0.114. The van der Waals surface area contributed by atoms with Gasteiger partial charge in [-0.2, -0.15) is 0 Å². The third kappa shape index (κ3) is 2.88. The highest BCUT2D eigenvalue weighted by atomic mass is 16.5. The third-order valence-electron chi connectivity index (χ3n) is 4.63. The zero-order valence-electron chi connectivity index (χ0n) is 13.3. The van der Waals surface area contributed by atoms with Crippen LogP contribution in [0, 0.1) is 5.92 Å². The lowest BCUT2D eigenvalue weighted by Crippen LogP contribution is -2.67. The van der Waals surface area contributed by atoms with Gasteiger partial charge in [0.2, 0.25) is 0 Å². The van der Waals surface area contributed by atoms with E-state index in [0.29, 0.717) is 5.92 Å². The van der Waals surface area contributed by atoms with E-state index in [1.165, 1.54) is 0 Å². The molecule has 2 fully saturated rings. The molecule has 2 amide bonds. The van der Waals surface area contributed by atoms with Gasteiger partial charge in [0.15, 0.2) is 0 Å². The first-order chi connectivity index (χ1) is 10.6. The number of hydrogen-bond donors (Lipinski definition) is 1. The van der Waals surface area contributed by atoms with E-state index in [1.54, 1.807) is 25.2 Å². The summed E-state index contributed by atoms with van der Waals surface area (Å²) in [5.41, 5.74) is -0.114. The summed E-state index contributed by atoms with van der Waals surface area (Å²) in [6.45, 7) is 3.13. The Balaban J connectivity index is 1.49. The summed E-state index contributed by atoms with van der Waals surface area (Å²) in [5.74, 6) is 1.42. The Bertz CT molecular complexity index is 514. The van der Waals surface area contributed by atoms with Crippen molar-refractivity contribution in [3.63, 3.8) is 0 Å². The van der Waals surface area contributed by atoms with Crippen LogP contribution in [0.5, 0.6) is 0 Å². The molecule has 6 heteroatoms. The first kappa shape index (κ1) is 15.1. The third-order valence-corrected chi connectivity index (χ3v) is 4.63. The largest absolute Gasteiger partial charge is 0.371 e. The van der Waals surface area contributed by atoms with Gasteiger partial charge in [0.1, 0.15) is 11.4 Å². The normalized spacial score (nSPS) is 22.5. The molecule has 120 valence electrons. The van der Waals surface area contributed by atoms with E-state index in [2.05, 4.69) is 10.3 Å². The lowest BCUT2D eigenvalue weighted by molar-refractivity contribution is -0.117. The summed E-state index contributed by atoms with van der Waals surface area (Å²) >= 11 is 0. The molecule has 1 aromatic heterocycles. The van der Waals surface area contributed by atoms with Gasteiger partial charge in [-0.05, 0) is 30.9 Å². The molecule has 2 aliphatic rings. The van der Waals surface area contributed by atoms with Crippen molar-refractivity contribution in [1.82, 2.24) is 14.8 Å². The smallest absolute Gasteiger partial charge is 0.319 e. The quantitative estimate of drug-likeness (QED) is 0.919. The lowest BCUT2D eigenvalue weighted by Gasteiger charge is -2.50. The number of pyridine rings is 1. The second kappa shape index (κ2) is 6.12. The zero-order valence-corrected chi connectivity index (χ0v) is 13.3. The maximum absolute atomic E-state index is 11.9. The number of anilines is 1. The average molecular weight is 304 g/mol. The number of urea groups is 1. The van der Waals surface area contributed by atoms with Crippen LogP contribution in [-0.2, 0) is 4.74 Å². The van der Waals surface area contributed by atoms with Crippen molar-refractivity contribution in [3.05, 3.63) is 24.4 Å². The van der Waals surface area contributed by atoms with Crippen molar-refractivity contribution in [1.29, 1.82) is 0 Å². The Morgan fingerprint density at radius 1 is 1.50 bits per heavy atom. The fraction of sp³-hybridized carbons (Fsp3) is 0.625. The standard InChI is InChI=1S/C16H24N4O2/c1-19(2)15(21)20-11-16(12-20)13(7-10-22-16)6-9-18-14-5-3-4-8-17-14/h3-5,8,13H,6-7,9-12H2,1-2H3,(H,17,18)/t13-/m1/s1. The molecule has 22 heavy (non-hydrogen) atoms. The van der Waals surface area contributed by atoms with Gasteiger partial charge in [0.05, 0.1) is 13.1 Å². The van der Waals surface area contributed by atoms with Crippen molar-refractivity contribution in [2.75, 3.05) is 45.7 Å². The average Bonchev–Trinajstić information content (AvgIpc) is 2.90. The summed E-state index contributed by atoms with van der Waals surface area (Å²) in [4.78, 5) is 19.7. The number of rotatable bonds is 4. The van der Waals surface area contributed by atoms with Crippen LogP contribution in [0.4, 0.5) is 10.6 Å². The molecule has 6 nitrogen and oxygen atoms in total. The van der Waals surface area contributed by atoms with Gasteiger partial charge in [-0.1, -0.05) is 6.07 Å². The highest BCUT2D eigenvalue weighted by molar-refractivity contribution is 5.75. The number of carbonyl (C=O) groups excluding carboxylic acids is 1. The fourth-order valence-electron chi connectivity index (χ4n) is 3.40. The summed E-state index contributed by atoms with van der Waals surface area (Å²) < 4.78 is 6.00. The second-order valence-electron chi connectivity index (χ2n) is 6.36. The van der Waals surface area contributed by atoms with Gasteiger partial charge in [-0.3, -0.25) is 0 Å². The van der Waals surface area contributed by atoms with E-state index in [0.717, 1.165) is 44.9 Å². The number of hydrogen-bond acceptors (Lipinski definition) is 4. The van der Waals surface area contributed by atoms with Crippen LogP contribution >= 0.6 is 0 Å². The van der Waals surface area contributed by atoms with E-state index < -0.39 is 0 Å². The highest BCUT2D eigenvalue weighted by Crippen LogP contribution is 2.41. The number of amides is 2. The Morgan fingerprint density at radius 2 is 2.32 bits per heavy atom. The molecule has 0 bridgehead atoms. The summed E-state index contributed by atoms with van der Waals surface area (Å²) in [6, 6.07) is 5.94. The molecule has 2 saturated heterocycles. The minimum absolute atomic E-state index is 0.0754. The molecule has 0 radical (unpaired) electrons. The predicted octanol–water partition coefficient (Wildman–Crippen LogP) is 1.66. The van der Waals surface area contributed by atoms with Crippen LogP contribution in [-0.4, -0.2) is 66.8 Å². The molecule has 0 saturated carbocycles. The predicted molar refractivity (Wildman–Crippen MR) is 84.8 cm³/mol. The number of likely N-dealkylation sites (tertiary alicyclic amines) is 1. The van der Waals surface area contributed by atoms with Crippen molar-refractivity contribution >= 4 is 11.8 Å². The van der Waals surface area contributed by atoms with Gasteiger partial charge in [0.25, 0.3) is 0 Å². The molecule has 0 aliphatic carbocycles. The molecule has 0 unspecified atom stereocenters. The summed E-state index contributed by atoms with van der Waals surface area (Å²) in [5, 5.41) is 3.35. The Kier molecular flexibility index (Phi) is 4.20. The first-order valence-electron chi connectivity index (χ1n) is 7.86. The molecule has 1 aromatic rings. The maximum atomic E-state index is 11.9. The number of nitrogens with zero attached hydrogens (tertiary/aromatic N) is 3. The van der Waals surface area contributed by atoms with Crippen molar-refractivity contribution < 1.29 is 9.53 Å². The molecular weight excluding hydrogens is 280 g/mol. The van der Waals surface area contributed by atoms with E-state index in [-0.39, 0.29) is 11.6 Å². The minimum Gasteiger partial charge on any atom is -0.371 e. The molecule has 1 N–H and O–H groups in total. The summed E-state index contributed by atoms with van der Waals surface area (Å²) in [7, 11) is 3.58. The summed E-state index contributed by atoms with van der Waals surface area (Å²) in [6.07, 6.45) is 3.91. The Morgan fingerprint density at radius 3 is 3.00 bits per heavy atom. The van der Waals surface area contributed by atoms with Crippen LogP contribution < -0.4 is 5.32 Å². The van der Waals surface area contributed by atoms with Crippen LogP contribution in [0.25, 0.3) is 0 Å². The highest BCUT2D eigenvalue weighted by Gasteiger charge is 2.54. The van der Waals surface area contributed by atoms with E-state index in [9.17, 15) is 4.79 Å². The van der Waals surface area contributed by atoms with Gasteiger partial charge in [-0.25, -0.2) is 9.78 Å². The lowest BCUT2D eigenvalue weighted by atomic mass is 9.79. The van der Waals surface area contributed by atoms with Gasteiger partial charge >= 0.3 is 6.03 Å². The van der Waals surface area contributed by atoms with Gasteiger partial charge in [-0.15, -0.1) is 0 Å². The number of ether oxygens (including phenoxy) is 1. The van der Waals surface area contributed by atoms with Crippen LogP contribution in [0.15, 0.2) is 24.4 Å². The van der Waals surface area contributed by atoms with Crippen LogP contribution in [0.3, 0.4) is 0 Å². The van der Waals surface area contributed by atoms with Crippen LogP contribution in [0.2, 0.25) is 0 Å². The molecular formula is C16H24N4O2. The molecule has 1 spiro atoms. The van der Waals surface area contributed by atoms with Crippen molar-refractivity contribution in [2.24, 2.45) is 5.92 Å². The first-order valence-corrected chi connectivity index (χ1v) is 7.86. The van der Waals surface area contributed by atoms with E-state index in [1.807, 2.05) is 23.1 Å². The number of nitrogens with one attached hydrogen (secondary N) is 1.